The Morgan fingerprint density at radius 2 is 1.60 bits per heavy atom. The topological polar surface area (TPSA) is 83.8 Å². The van der Waals surface area contributed by atoms with Gasteiger partial charge in [0.25, 0.3) is 10.1 Å². The van der Waals surface area contributed by atoms with Crippen molar-refractivity contribution >= 4 is 18.7 Å². The molecule has 0 aromatic heterocycles. The molecule has 0 aromatic rings. The van der Waals surface area contributed by atoms with Gasteiger partial charge in [0.05, 0.1) is 5.75 Å². The molecule has 15 heavy (non-hydrogen) atoms. The molecule has 2 N–H and O–H groups in total. The lowest BCUT2D eigenvalue weighted by Crippen LogP contribution is -2.07. The molecule has 0 fully saturated rings. The second-order valence-electron chi connectivity index (χ2n) is 3.36. The van der Waals surface area contributed by atoms with Gasteiger partial charge in [0, 0.05) is 0 Å². The second-order valence-corrected chi connectivity index (χ2v) is 5.98. The maximum atomic E-state index is 11.0. The van der Waals surface area contributed by atoms with Crippen LogP contribution in [0.25, 0.3) is 0 Å². The molecule has 0 heterocycles. The molecule has 0 bridgehead atoms. The van der Waals surface area contributed by atoms with Crippen molar-refractivity contribution in [2.75, 3.05) is 5.75 Å². The van der Waals surface area contributed by atoms with Crippen LogP contribution in [0.5, 0.6) is 0 Å². The minimum absolute atomic E-state index is 0.140. The van der Waals surface area contributed by atoms with Crippen molar-refractivity contribution in [2.24, 2.45) is 0 Å². The van der Waals surface area contributed by atoms with Crippen LogP contribution in [-0.4, -0.2) is 24.0 Å². The third-order valence-corrected chi connectivity index (χ3v) is 4.16. The van der Waals surface area contributed by atoms with E-state index in [0.717, 1.165) is 25.7 Å². The molecule has 0 aromatic carbocycles. The highest BCUT2D eigenvalue weighted by atomic mass is 32.2. The highest BCUT2D eigenvalue weighted by Crippen LogP contribution is 2.28. The van der Waals surface area contributed by atoms with Crippen molar-refractivity contribution in [3.63, 3.8) is 0 Å². The molecular weight excluding hydrogens is 239 g/mol. The Bertz CT molecular complexity index is 239. The summed E-state index contributed by atoms with van der Waals surface area (Å²) in [5.41, 5.74) is 0. The van der Waals surface area contributed by atoms with Crippen LogP contribution < -0.4 is 0 Å². The summed E-state index contributed by atoms with van der Waals surface area (Å²) in [4.78, 5) is 16.8. The molecule has 92 valence electrons. The van der Waals surface area contributed by atoms with Gasteiger partial charge in [-0.05, 0) is 6.42 Å². The summed E-state index contributed by atoms with van der Waals surface area (Å²) in [7, 11) is -6.55. The second kappa shape index (κ2) is 8.42. The Balaban J connectivity index is 3.50. The van der Waals surface area contributed by atoms with Gasteiger partial charge in [-0.15, -0.1) is 0 Å². The number of unbranched alkanes of at least 4 members (excludes halogenated alkanes) is 5. The van der Waals surface area contributed by atoms with Crippen molar-refractivity contribution in [3.05, 3.63) is 0 Å². The zero-order valence-corrected chi connectivity index (χ0v) is 10.6. The zero-order valence-electron chi connectivity index (χ0n) is 8.92. The molecule has 0 aliphatic rings. The van der Waals surface area contributed by atoms with Gasteiger partial charge in [-0.3, -0.25) is 0 Å². The molecular formula is C8H19O5PS. The summed E-state index contributed by atoms with van der Waals surface area (Å²) in [6, 6.07) is 0. The number of hydrogen-bond donors (Lipinski definition) is 2. The lowest BCUT2D eigenvalue weighted by atomic mass is 10.1. The summed E-state index contributed by atoms with van der Waals surface area (Å²) in [6.07, 6.45) is 5.79. The summed E-state index contributed by atoms with van der Waals surface area (Å²) in [5.74, 6) is -0.140. The van der Waals surface area contributed by atoms with E-state index in [2.05, 4.69) is 10.9 Å². The third kappa shape index (κ3) is 10.5. The standard InChI is InChI=1S/C8H19O5PS/c1-2-3-4-5-6-7-8-15(11,12)13-14(9)10/h9-10H,2-8H2,1H3. The third-order valence-electron chi connectivity index (χ3n) is 1.93. The van der Waals surface area contributed by atoms with E-state index >= 15 is 0 Å². The average molecular weight is 258 g/mol. The molecule has 5 nitrogen and oxygen atoms in total. The van der Waals surface area contributed by atoms with E-state index in [-0.39, 0.29) is 5.75 Å². The van der Waals surface area contributed by atoms with Crippen LogP contribution in [0, 0.1) is 0 Å². The van der Waals surface area contributed by atoms with Gasteiger partial charge >= 0.3 is 8.60 Å². The van der Waals surface area contributed by atoms with E-state index in [0.29, 0.717) is 6.42 Å². The molecule has 0 amide bonds. The Morgan fingerprint density at radius 3 is 2.13 bits per heavy atom. The van der Waals surface area contributed by atoms with Gasteiger partial charge in [-0.1, -0.05) is 39.0 Å². The van der Waals surface area contributed by atoms with Crippen LogP contribution in [0.15, 0.2) is 0 Å². The molecule has 7 heteroatoms. The van der Waals surface area contributed by atoms with Gasteiger partial charge < -0.3 is 9.79 Å². The minimum atomic E-state index is -3.74. The molecule has 0 rings (SSSR count). The van der Waals surface area contributed by atoms with Gasteiger partial charge in [0.15, 0.2) is 0 Å². The fourth-order valence-corrected chi connectivity index (χ4v) is 2.87. The summed E-state index contributed by atoms with van der Waals surface area (Å²) in [5, 5.41) is 0. The van der Waals surface area contributed by atoms with Gasteiger partial charge in [-0.25, -0.2) is 0 Å². The van der Waals surface area contributed by atoms with E-state index in [4.69, 9.17) is 9.79 Å². The Hall–Kier alpha value is 0.260. The summed E-state index contributed by atoms with van der Waals surface area (Å²) < 4.78 is 26.0. The van der Waals surface area contributed by atoms with Crippen molar-refractivity contribution in [1.82, 2.24) is 0 Å². The fraction of sp³-hybridized carbons (Fsp3) is 1.00. The first-order chi connectivity index (χ1) is 6.98. The lowest BCUT2D eigenvalue weighted by molar-refractivity contribution is 0.372. The highest BCUT2D eigenvalue weighted by Gasteiger charge is 2.15. The zero-order chi connectivity index (χ0) is 11.7. The van der Waals surface area contributed by atoms with E-state index in [1.54, 1.807) is 0 Å². The minimum Gasteiger partial charge on any atom is -0.327 e. The highest BCUT2D eigenvalue weighted by molar-refractivity contribution is 7.90. The maximum absolute atomic E-state index is 11.0. The van der Waals surface area contributed by atoms with Crippen molar-refractivity contribution in [1.29, 1.82) is 0 Å². The first kappa shape index (κ1) is 15.3. The molecule has 0 radical (unpaired) electrons. The van der Waals surface area contributed by atoms with Crippen LogP contribution in [0.1, 0.15) is 45.4 Å². The average Bonchev–Trinajstić information content (AvgIpc) is 2.08. The molecule has 0 spiro atoms. The van der Waals surface area contributed by atoms with E-state index in [1.165, 1.54) is 6.42 Å². The van der Waals surface area contributed by atoms with E-state index in [1.807, 2.05) is 0 Å². The van der Waals surface area contributed by atoms with Gasteiger partial charge in [-0.2, -0.15) is 12.4 Å². The normalized spacial score (nSPS) is 12.3. The monoisotopic (exact) mass is 258 g/mol. The molecule has 0 unspecified atom stereocenters. The fourth-order valence-electron chi connectivity index (χ4n) is 1.20. The Morgan fingerprint density at radius 1 is 1.07 bits per heavy atom. The predicted octanol–water partition coefficient (Wildman–Crippen LogP) is 1.90. The van der Waals surface area contributed by atoms with Crippen LogP contribution >= 0.6 is 8.60 Å². The predicted molar refractivity (Wildman–Crippen MR) is 59.6 cm³/mol. The summed E-state index contributed by atoms with van der Waals surface area (Å²) >= 11 is 0. The van der Waals surface area contributed by atoms with Crippen molar-refractivity contribution in [3.8, 4) is 0 Å². The molecule has 0 saturated carbocycles. The number of rotatable bonds is 9. The van der Waals surface area contributed by atoms with Crippen molar-refractivity contribution < 1.29 is 22.2 Å². The molecule has 0 aliphatic carbocycles. The van der Waals surface area contributed by atoms with Crippen LogP contribution in [-0.2, 0) is 14.1 Å². The number of hydrogen-bond acceptors (Lipinski definition) is 5. The first-order valence-corrected chi connectivity index (χ1v) is 7.82. The molecule has 0 atom stereocenters. The van der Waals surface area contributed by atoms with E-state index < -0.39 is 18.7 Å². The van der Waals surface area contributed by atoms with Crippen molar-refractivity contribution in [2.45, 2.75) is 45.4 Å². The van der Waals surface area contributed by atoms with Crippen LogP contribution in [0.3, 0.4) is 0 Å². The summed E-state index contributed by atoms with van der Waals surface area (Å²) in [6.45, 7) is 2.11. The van der Waals surface area contributed by atoms with E-state index in [9.17, 15) is 8.42 Å². The first-order valence-electron chi connectivity index (χ1n) is 5.08. The van der Waals surface area contributed by atoms with Crippen LogP contribution in [0.2, 0.25) is 0 Å². The Kier molecular flexibility index (Phi) is 8.56. The lowest BCUT2D eigenvalue weighted by Gasteiger charge is -2.04. The maximum Gasteiger partial charge on any atom is 0.342 e. The SMILES string of the molecule is CCCCCCCCS(=O)(=O)OP(O)O. The molecule has 0 aliphatic heterocycles. The Labute approximate surface area is 92.6 Å². The smallest absolute Gasteiger partial charge is 0.327 e. The van der Waals surface area contributed by atoms with Gasteiger partial charge in [0.2, 0.25) is 0 Å². The quantitative estimate of drug-likeness (QED) is 0.487. The van der Waals surface area contributed by atoms with Crippen LogP contribution in [0.4, 0.5) is 0 Å². The molecule has 0 saturated heterocycles. The largest absolute Gasteiger partial charge is 0.342 e. The van der Waals surface area contributed by atoms with Gasteiger partial charge in [0.1, 0.15) is 0 Å².